The van der Waals surface area contributed by atoms with Crippen molar-refractivity contribution in [3.8, 4) is 0 Å². The van der Waals surface area contributed by atoms with Gasteiger partial charge >= 0.3 is 0 Å². The summed E-state index contributed by atoms with van der Waals surface area (Å²) in [6, 6.07) is 1.69. The summed E-state index contributed by atoms with van der Waals surface area (Å²) in [6.07, 6.45) is 4.84. The van der Waals surface area contributed by atoms with Crippen molar-refractivity contribution in [3.05, 3.63) is 27.9 Å². The van der Waals surface area contributed by atoms with E-state index in [1.807, 2.05) is 11.9 Å². The Labute approximate surface area is 142 Å². The zero-order valence-electron chi connectivity index (χ0n) is 14.5. The van der Waals surface area contributed by atoms with Crippen LogP contribution in [0.1, 0.15) is 43.2 Å². The van der Waals surface area contributed by atoms with Crippen molar-refractivity contribution in [2.24, 2.45) is 0 Å². The molecule has 1 aromatic rings. The van der Waals surface area contributed by atoms with E-state index in [0.717, 1.165) is 0 Å². The SMILES string of the molecule is Cc1nc([C@H]2COCCN2C(=O)CN(C)C2CCCC2)cc(=O)[nH]1. The van der Waals surface area contributed by atoms with E-state index in [4.69, 9.17) is 4.74 Å². The first kappa shape index (κ1) is 17.1. The van der Waals surface area contributed by atoms with Gasteiger partial charge in [-0.15, -0.1) is 0 Å². The normalized spacial score (nSPS) is 22.3. The maximum atomic E-state index is 12.8. The minimum absolute atomic E-state index is 0.0810. The molecular weight excluding hydrogens is 308 g/mol. The third kappa shape index (κ3) is 3.84. The number of aromatic amines is 1. The average molecular weight is 334 g/mol. The maximum Gasteiger partial charge on any atom is 0.251 e. The van der Waals surface area contributed by atoms with E-state index in [2.05, 4.69) is 14.9 Å². The van der Waals surface area contributed by atoms with Crippen molar-refractivity contribution in [1.82, 2.24) is 19.8 Å². The second kappa shape index (κ2) is 7.44. The van der Waals surface area contributed by atoms with Gasteiger partial charge in [0.05, 0.1) is 31.5 Å². The molecule has 24 heavy (non-hydrogen) atoms. The molecule has 1 amide bonds. The summed E-state index contributed by atoms with van der Waals surface area (Å²) < 4.78 is 5.54. The number of aromatic nitrogens is 2. The minimum Gasteiger partial charge on any atom is -0.377 e. The molecule has 1 aliphatic carbocycles. The Morgan fingerprint density at radius 3 is 2.92 bits per heavy atom. The van der Waals surface area contributed by atoms with Crippen molar-refractivity contribution >= 4 is 5.91 Å². The number of aryl methyl sites for hydroxylation is 1. The van der Waals surface area contributed by atoms with E-state index in [1.165, 1.54) is 31.7 Å². The van der Waals surface area contributed by atoms with Gasteiger partial charge in [0.15, 0.2) is 0 Å². The summed E-state index contributed by atoms with van der Waals surface area (Å²) in [4.78, 5) is 35.6. The van der Waals surface area contributed by atoms with E-state index >= 15 is 0 Å². The van der Waals surface area contributed by atoms with E-state index < -0.39 is 0 Å². The fraction of sp³-hybridized carbons (Fsp3) is 0.706. The first-order valence-electron chi connectivity index (χ1n) is 8.70. The third-order valence-electron chi connectivity index (χ3n) is 5.00. The highest BCUT2D eigenvalue weighted by Crippen LogP contribution is 2.25. The lowest BCUT2D eigenvalue weighted by molar-refractivity contribution is -0.141. The summed E-state index contributed by atoms with van der Waals surface area (Å²) in [5.74, 6) is 0.635. The Hall–Kier alpha value is -1.73. The topological polar surface area (TPSA) is 78.5 Å². The molecule has 2 fully saturated rings. The lowest BCUT2D eigenvalue weighted by Crippen LogP contribution is -2.48. The van der Waals surface area contributed by atoms with E-state index in [0.29, 0.717) is 43.9 Å². The first-order chi connectivity index (χ1) is 11.5. The predicted octanol–water partition coefficient (Wildman–Crippen LogP) is 0.853. The van der Waals surface area contributed by atoms with Gasteiger partial charge in [-0.25, -0.2) is 4.98 Å². The van der Waals surface area contributed by atoms with Crippen LogP contribution in [0.4, 0.5) is 0 Å². The average Bonchev–Trinajstić information content (AvgIpc) is 3.08. The molecule has 1 saturated carbocycles. The lowest BCUT2D eigenvalue weighted by atomic mass is 10.1. The van der Waals surface area contributed by atoms with Crippen LogP contribution in [0.25, 0.3) is 0 Å². The molecule has 2 heterocycles. The number of nitrogens with zero attached hydrogens (tertiary/aromatic N) is 3. The Bertz CT molecular complexity index is 639. The van der Waals surface area contributed by atoms with Gasteiger partial charge < -0.3 is 14.6 Å². The number of carbonyl (C=O) groups excluding carboxylic acids is 1. The minimum atomic E-state index is -0.288. The number of morpholine rings is 1. The van der Waals surface area contributed by atoms with Gasteiger partial charge in [-0.1, -0.05) is 12.8 Å². The Balaban J connectivity index is 1.73. The molecule has 0 spiro atoms. The number of rotatable bonds is 4. The van der Waals surface area contributed by atoms with Crippen LogP contribution in [0.3, 0.4) is 0 Å². The van der Waals surface area contributed by atoms with Crippen LogP contribution in [-0.4, -0.2) is 65.1 Å². The number of likely N-dealkylation sites (N-methyl/N-ethyl adjacent to an activating group) is 1. The molecule has 7 nitrogen and oxygen atoms in total. The third-order valence-corrected chi connectivity index (χ3v) is 5.00. The number of H-pyrrole nitrogens is 1. The van der Waals surface area contributed by atoms with Crippen LogP contribution in [-0.2, 0) is 9.53 Å². The zero-order chi connectivity index (χ0) is 17.1. The van der Waals surface area contributed by atoms with E-state index in [-0.39, 0.29) is 17.5 Å². The van der Waals surface area contributed by atoms with Gasteiger partial charge in [-0.2, -0.15) is 0 Å². The molecule has 0 radical (unpaired) electrons. The predicted molar refractivity (Wildman–Crippen MR) is 89.8 cm³/mol. The first-order valence-corrected chi connectivity index (χ1v) is 8.70. The van der Waals surface area contributed by atoms with E-state index in [1.54, 1.807) is 6.92 Å². The lowest BCUT2D eigenvalue weighted by Gasteiger charge is -2.36. The smallest absolute Gasteiger partial charge is 0.251 e. The number of nitrogens with one attached hydrogen (secondary N) is 1. The van der Waals surface area contributed by atoms with Crippen molar-refractivity contribution in [2.45, 2.75) is 44.7 Å². The second-order valence-electron chi connectivity index (χ2n) is 6.79. The quantitative estimate of drug-likeness (QED) is 0.883. The van der Waals surface area contributed by atoms with Crippen molar-refractivity contribution in [2.75, 3.05) is 33.4 Å². The number of ether oxygens (including phenoxy) is 1. The van der Waals surface area contributed by atoms with Crippen LogP contribution in [0.15, 0.2) is 10.9 Å². The molecule has 2 aliphatic rings. The molecule has 1 aliphatic heterocycles. The van der Waals surface area contributed by atoms with Gasteiger partial charge in [0.2, 0.25) is 5.91 Å². The van der Waals surface area contributed by atoms with Crippen molar-refractivity contribution in [3.63, 3.8) is 0 Å². The number of carbonyl (C=O) groups is 1. The molecule has 1 N–H and O–H groups in total. The molecule has 1 saturated heterocycles. The molecule has 7 heteroatoms. The van der Waals surface area contributed by atoms with Crippen LogP contribution in [0.2, 0.25) is 0 Å². The maximum absolute atomic E-state index is 12.8. The summed E-state index contributed by atoms with van der Waals surface area (Å²) in [7, 11) is 2.03. The van der Waals surface area contributed by atoms with Gasteiger partial charge in [-0.05, 0) is 26.8 Å². The van der Waals surface area contributed by atoms with Gasteiger partial charge in [-0.3, -0.25) is 14.5 Å². The number of hydrogen-bond acceptors (Lipinski definition) is 5. The molecule has 0 bridgehead atoms. The van der Waals surface area contributed by atoms with Crippen molar-refractivity contribution in [1.29, 1.82) is 0 Å². The van der Waals surface area contributed by atoms with Crippen LogP contribution in [0, 0.1) is 6.92 Å². The zero-order valence-corrected chi connectivity index (χ0v) is 14.5. The molecule has 0 unspecified atom stereocenters. The fourth-order valence-electron chi connectivity index (χ4n) is 3.70. The molecular formula is C17H26N4O3. The van der Waals surface area contributed by atoms with Gasteiger partial charge in [0.1, 0.15) is 5.82 Å². The largest absolute Gasteiger partial charge is 0.377 e. The van der Waals surface area contributed by atoms with Gasteiger partial charge in [0, 0.05) is 18.7 Å². The highest BCUT2D eigenvalue weighted by Gasteiger charge is 2.31. The van der Waals surface area contributed by atoms with Crippen LogP contribution in [0.5, 0.6) is 0 Å². The standard InChI is InChI=1S/C17H26N4O3/c1-12-18-14(9-16(22)19-12)15-11-24-8-7-21(15)17(23)10-20(2)13-5-3-4-6-13/h9,13,15H,3-8,10-11H2,1-2H3,(H,18,19,22)/t15-/m1/s1. The summed E-state index contributed by atoms with van der Waals surface area (Å²) in [5.41, 5.74) is 0.409. The molecule has 3 rings (SSSR count). The van der Waals surface area contributed by atoms with E-state index in [9.17, 15) is 9.59 Å². The monoisotopic (exact) mass is 334 g/mol. The number of amides is 1. The highest BCUT2D eigenvalue weighted by molar-refractivity contribution is 5.79. The highest BCUT2D eigenvalue weighted by atomic mass is 16.5. The molecule has 132 valence electrons. The summed E-state index contributed by atoms with van der Waals surface area (Å²) >= 11 is 0. The molecule has 1 atom stereocenters. The van der Waals surface area contributed by atoms with Gasteiger partial charge in [0.25, 0.3) is 5.56 Å². The molecule has 0 aromatic carbocycles. The van der Waals surface area contributed by atoms with Crippen LogP contribution < -0.4 is 5.56 Å². The summed E-state index contributed by atoms with van der Waals surface area (Å²) in [6.45, 7) is 3.60. The fourth-order valence-corrected chi connectivity index (χ4v) is 3.70. The summed E-state index contributed by atoms with van der Waals surface area (Å²) in [5, 5.41) is 0. The second-order valence-corrected chi connectivity index (χ2v) is 6.79. The Morgan fingerprint density at radius 2 is 2.21 bits per heavy atom. The molecule has 1 aromatic heterocycles. The Kier molecular flexibility index (Phi) is 5.30. The number of hydrogen-bond donors (Lipinski definition) is 1. The Morgan fingerprint density at radius 1 is 1.46 bits per heavy atom. The van der Waals surface area contributed by atoms with Crippen LogP contribution >= 0.6 is 0 Å². The van der Waals surface area contributed by atoms with Crippen molar-refractivity contribution < 1.29 is 9.53 Å².